The Morgan fingerprint density at radius 1 is 1.25 bits per heavy atom. The van der Waals surface area contributed by atoms with E-state index in [4.69, 9.17) is 16.3 Å². The van der Waals surface area contributed by atoms with Crippen LogP contribution < -0.4 is 4.74 Å². The van der Waals surface area contributed by atoms with Crippen molar-refractivity contribution >= 4 is 28.3 Å². The Labute approximate surface area is 139 Å². The molecule has 2 heterocycles. The number of pyridine rings is 1. The van der Waals surface area contributed by atoms with E-state index < -0.39 is 17.7 Å². The number of benzene rings is 1. The standard InChI is InChI=1S/C16H10ClF3N2O2/c1-24-11-6-5-9-13(14(11)17)8(7-21-9)15(23)10-3-2-4-12(22-10)16(18,19)20/h2-7,21H,1H3. The lowest BCUT2D eigenvalue weighted by atomic mass is 10.1. The summed E-state index contributed by atoms with van der Waals surface area (Å²) in [6.07, 6.45) is -3.24. The Hall–Kier alpha value is -2.54. The van der Waals surface area contributed by atoms with Crippen LogP contribution in [-0.4, -0.2) is 22.9 Å². The summed E-state index contributed by atoms with van der Waals surface area (Å²) in [7, 11) is 1.43. The molecule has 1 N–H and O–H groups in total. The molecule has 0 aliphatic heterocycles. The number of nitrogens with one attached hydrogen (secondary N) is 1. The van der Waals surface area contributed by atoms with Gasteiger partial charge in [-0.05, 0) is 24.3 Å². The molecule has 0 aliphatic rings. The normalized spacial score (nSPS) is 11.7. The van der Waals surface area contributed by atoms with Gasteiger partial charge in [0.15, 0.2) is 0 Å². The van der Waals surface area contributed by atoms with Gasteiger partial charge in [-0.3, -0.25) is 4.79 Å². The summed E-state index contributed by atoms with van der Waals surface area (Å²) < 4.78 is 43.4. The number of aromatic nitrogens is 2. The fraction of sp³-hybridized carbons (Fsp3) is 0.125. The van der Waals surface area contributed by atoms with E-state index in [1.165, 1.54) is 19.4 Å². The molecule has 0 saturated heterocycles. The third kappa shape index (κ3) is 2.71. The van der Waals surface area contributed by atoms with Crippen LogP contribution in [0.1, 0.15) is 21.7 Å². The van der Waals surface area contributed by atoms with Gasteiger partial charge in [0.2, 0.25) is 5.78 Å². The van der Waals surface area contributed by atoms with Crippen molar-refractivity contribution in [2.45, 2.75) is 6.18 Å². The number of ketones is 1. The quantitative estimate of drug-likeness (QED) is 0.706. The van der Waals surface area contributed by atoms with Crippen LogP contribution in [0.5, 0.6) is 5.75 Å². The van der Waals surface area contributed by atoms with E-state index in [9.17, 15) is 18.0 Å². The molecule has 0 spiro atoms. The molecular weight excluding hydrogens is 345 g/mol. The Morgan fingerprint density at radius 3 is 2.67 bits per heavy atom. The largest absolute Gasteiger partial charge is 0.495 e. The first-order valence-corrected chi connectivity index (χ1v) is 7.13. The number of H-pyrrole nitrogens is 1. The maximum absolute atomic E-state index is 12.8. The van der Waals surface area contributed by atoms with Gasteiger partial charge in [0.25, 0.3) is 0 Å². The topological polar surface area (TPSA) is 55.0 Å². The Kier molecular flexibility index (Phi) is 3.96. The van der Waals surface area contributed by atoms with E-state index in [2.05, 4.69) is 9.97 Å². The van der Waals surface area contributed by atoms with E-state index in [1.54, 1.807) is 12.1 Å². The predicted octanol–water partition coefficient (Wildman–Crippen LogP) is 4.47. The highest BCUT2D eigenvalue weighted by Gasteiger charge is 2.33. The minimum atomic E-state index is -4.63. The number of carbonyl (C=O) groups is 1. The molecule has 0 saturated carbocycles. The van der Waals surface area contributed by atoms with Crippen LogP contribution in [0.4, 0.5) is 13.2 Å². The Morgan fingerprint density at radius 2 is 2.00 bits per heavy atom. The average Bonchev–Trinajstić information content (AvgIpc) is 2.99. The highest BCUT2D eigenvalue weighted by Crippen LogP contribution is 2.35. The zero-order chi connectivity index (χ0) is 17.5. The van der Waals surface area contributed by atoms with Gasteiger partial charge >= 0.3 is 6.18 Å². The molecule has 3 rings (SSSR count). The first-order valence-electron chi connectivity index (χ1n) is 6.75. The highest BCUT2D eigenvalue weighted by atomic mass is 35.5. The van der Waals surface area contributed by atoms with Crippen molar-refractivity contribution < 1.29 is 22.7 Å². The van der Waals surface area contributed by atoms with Gasteiger partial charge in [0.1, 0.15) is 17.1 Å². The molecule has 24 heavy (non-hydrogen) atoms. The maximum Gasteiger partial charge on any atom is 0.433 e. The predicted molar refractivity (Wildman–Crippen MR) is 82.5 cm³/mol. The fourth-order valence-corrected chi connectivity index (χ4v) is 2.70. The van der Waals surface area contributed by atoms with Crippen molar-refractivity contribution in [2.24, 2.45) is 0 Å². The summed E-state index contributed by atoms with van der Waals surface area (Å²) in [5.41, 5.74) is -0.752. The van der Waals surface area contributed by atoms with Crippen molar-refractivity contribution in [3.63, 3.8) is 0 Å². The minimum Gasteiger partial charge on any atom is -0.495 e. The van der Waals surface area contributed by atoms with Gasteiger partial charge in [0.05, 0.1) is 17.7 Å². The monoisotopic (exact) mass is 354 g/mol. The summed E-state index contributed by atoms with van der Waals surface area (Å²) in [4.78, 5) is 18.9. The lowest BCUT2D eigenvalue weighted by molar-refractivity contribution is -0.141. The van der Waals surface area contributed by atoms with Gasteiger partial charge in [0, 0.05) is 17.1 Å². The smallest absolute Gasteiger partial charge is 0.433 e. The van der Waals surface area contributed by atoms with Crippen LogP contribution in [0.3, 0.4) is 0 Å². The van der Waals surface area contributed by atoms with E-state index in [0.29, 0.717) is 16.7 Å². The second kappa shape index (κ2) is 5.83. The van der Waals surface area contributed by atoms with Crippen LogP contribution in [0.2, 0.25) is 5.02 Å². The van der Waals surface area contributed by atoms with Crippen molar-refractivity contribution in [3.05, 3.63) is 58.5 Å². The molecule has 0 aliphatic carbocycles. The molecule has 2 aromatic heterocycles. The second-order valence-corrected chi connectivity index (χ2v) is 5.32. The van der Waals surface area contributed by atoms with Gasteiger partial charge in [-0.15, -0.1) is 0 Å². The number of halogens is 4. The van der Waals surface area contributed by atoms with Crippen LogP contribution in [0, 0.1) is 0 Å². The van der Waals surface area contributed by atoms with Gasteiger partial charge < -0.3 is 9.72 Å². The zero-order valence-electron chi connectivity index (χ0n) is 12.2. The molecule has 0 radical (unpaired) electrons. The average molecular weight is 355 g/mol. The van der Waals surface area contributed by atoms with Crippen molar-refractivity contribution in [1.29, 1.82) is 0 Å². The number of nitrogens with zero attached hydrogens (tertiary/aromatic N) is 1. The number of hydrogen-bond donors (Lipinski definition) is 1. The number of fused-ring (bicyclic) bond motifs is 1. The number of rotatable bonds is 3. The molecular formula is C16H10ClF3N2O2. The molecule has 3 aromatic rings. The zero-order valence-corrected chi connectivity index (χ0v) is 13.0. The van der Waals surface area contributed by atoms with Crippen LogP contribution in [0.15, 0.2) is 36.5 Å². The van der Waals surface area contributed by atoms with E-state index in [1.807, 2.05) is 0 Å². The summed E-state index contributed by atoms with van der Waals surface area (Å²) in [6.45, 7) is 0. The highest BCUT2D eigenvalue weighted by molar-refractivity contribution is 6.38. The summed E-state index contributed by atoms with van der Waals surface area (Å²) in [5.74, 6) is -0.308. The molecule has 0 bridgehead atoms. The molecule has 0 unspecified atom stereocenters. The lowest BCUT2D eigenvalue weighted by Crippen LogP contribution is -2.12. The number of aromatic amines is 1. The molecule has 8 heteroatoms. The van der Waals surface area contributed by atoms with E-state index >= 15 is 0 Å². The molecule has 0 fully saturated rings. The van der Waals surface area contributed by atoms with Crippen molar-refractivity contribution in [2.75, 3.05) is 7.11 Å². The summed E-state index contributed by atoms with van der Waals surface area (Å²) in [6, 6.07) is 6.46. The molecule has 0 amide bonds. The van der Waals surface area contributed by atoms with Crippen LogP contribution in [-0.2, 0) is 6.18 Å². The third-order valence-corrected chi connectivity index (χ3v) is 3.86. The van der Waals surface area contributed by atoms with Crippen molar-refractivity contribution in [1.82, 2.24) is 9.97 Å². The number of ether oxygens (including phenoxy) is 1. The van der Waals surface area contributed by atoms with E-state index in [-0.39, 0.29) is 16.3 Å². The van der Waals surface area contributed by atoms with E-state index in [0.717, 1.165) is 12.1 Å². The molecule has 124 valence electrons. The number of methoxy groups -OCH3 is 1. The Balaban J connectivity index is 2.13. The van der Waals surface area contributed by atoms with Gasteiger partial charge in [-0.25, -0.2) is 4.98 Å². The lowest BCUT2D eigenvalue weighted by Gasteiger charge is -2.08. The minimum absolute atomic E-state index is 0.126. The first kappa shape index (κ1) is 16.3. The second-order valence-electron chi connectivity index (χ2n) is 4.94. The SMILES string of the molecule is COc1ccc2[nH]cc(C(=O)c3cccc(C(F)(F)F)n3)c2c1Cl. The van der Waals surface area contributed by atoms with Gasteiger partial charge in [-0.2, -0.15) is 13.2 Å². The molecule has 4 nitrogen and oxygen atoms in total. The summed E-state index contributed by atoms with van der Waals surface area (Å²) >= 11 is 6.23. The fourth-order valence-electron chi connectivity index (χ4n) is 2.36. The van der Waals surface area contributed by atoms with Crippen molar-refractivity contribution in [3.8, 4) is 5.75 Å². The molecule has 1 aromatic carbocycles. The third-order valence-electron chi connectivity index (χ3n) is 3.48. The number of alkyl halides is 3. The van der Waals surface area contributed by atoms with Gasteiger partial charge in [-0.1, -0.05) is 17.7 Å². The van der Waals surface area contributed by atoms with Crippen LogP contribution >= 0.6 is 11.6 Å². The maximum atomic E-state index is 12.8. The summed E-state index contributed by atoms with van der Waals surface area (Å²) in [5, 5.41) is 0.576. The molecule has 0 atom stereocenters. The number of carbonyl (C=O) groups excluding carboxylic acids is 1. The Bertz CT molecular complexity index is 935. The number of hydrogen-bond acceptors (Lipinski definition) is 3. The first-order chi connectivity index (χ1) is 11.3. The van der Waals surface area contributed by atoms with Crippen LogP contribution in [0.25, 0.3) is 10.9 Å².